The minimum atomic E-state index is -0.113. The summed E-state index contributed by atoms with van der Waals surface area (Å²) in [7, 11) is 0. The molecule has 2 aliphatic heterocycles. The number of anilines is 2. The lowest BCUT2D eigenvalue weighted by Crippen LogP contribution is -2.48. The van der Waals surface area contributed by atoms with Gasteiger partial charge in [-0.3, -0.25) is 19.4 Å². The second-order valence-corrected chi connectivity index (χ2v) is 14.5. The minimum Gasteiger partial charge on any atom is -0.324 e. The van der Waals surface area contributed by atoms with Gasteiger partial charge in [0.1, 0.15) is 0 Å². The van der Waals surface area contributed by atoms with Crippen LogP contribution in [-0.4, -0.2) is 59.9 Å². The van der Waals surface area contributed by atoms with Crippen molar-refractivity contribution in [3.63, 3.8) is 0 Å². The molecule has 0 bridgehead atoms. The average molecular weight is 673 g/mol. The summed E-state index contributed by atoms with van der Waals surface area (Å²) < 4.78 is 0. The molecule has 2 atom stereocenters. The van der Waals surface area contributed by atoms with Crippen LogP contribution in [0.25, 0.3) is 0 Å². The summed E-state index contributed by atoms with van der Waals surface area (Å²) in [4.78, 5) is 31.1. The summed E-state index contributed by atoms with van der Waals surface area (Å²) in [5.74, 6) is 0.185. The third-order valence-corrected chi connectivity index (χ3v) is 10.3. The number of carbonyl (C=O) groups is 2. The Kier molecular flexibility index (Phi) is 18.7. The smallest absolute Gasteiger partial charge is 0.241 e. The molecule has 2 saturated heterocycles. The van der Waals surface area contributed by atoms with Crippen molar-refractivity contribution in [2.24, 2.45) is 0 Å². The summed E-state index contributed by atoms with van der Waals surface area (Å²) in [6.07, 6.45) is 23.5. The number of hydrogen-bond acceptors (Lipinski definition) is 4. The van der Waals surface area contributed by atoms with Gasteiger partial charge in [-0.1, -0.05) is 133 Å². The molecule has 2 heterocycles. The highest BCUT2D eigenvalue weighted by atomic mass is 16.2. The van der Waals surface area contributed by atoms with E-state index in [1.54, 1.807) is 0 Å². The van der Waals surface area contributed by atoms with Crippen LogP contribution in [0.15, 0.2) is 48.6 Å². The Labute approximate surface area is 299 Å². The molecule has 2 fully saturated rings. The summed E-state index contributed by atoms with van der Waals surface area (Å²) in [5.41, 5.74) is 6.26. The number of piperidine rings is 2. The van der Waals surface area contributed by atoms with Crippen LogP contribution in [0.5, 0.6) is 0 Å². The van der Waals surface area contributed by atoms with Crippen molar-refractivity contribution < 1.29 is 9.59 Å². The number of para-hydroxylation sites is 2. The molecule has 2 N–H and O–H groups in total. The molecule has 2 aliphatic rings. The van der Waals surface area contributed by atoms with Crippen LogP contribution in [0, 0.1) is 27.7 Å². The van der Waals surface area contributed by atoms with Gasteiger partial charge in [-0.15, -0.1) is 0 Å². The Balaban J connectivity index is 0.000000509. The Morgan fingerprint density at radius 2 is 0.939 bits per heavy atom. The van der Waals surface area contributed by atoms with Gasteiger partial charge in [-0.25, -0.2) is 0 Å². The summed E-state index contributed by atoms with van der Waals surface area (Å²) in [5, 5.41) is 6.42. The van der Waals surface area contributed by atoms with Gasteiger partial charge in [-0.05, 0) is 88.7 Å². The SMILES string of the molecule is CCCCCCCCCCC.Cc1cccc(C)c1NC(=O)C1CCCCN1C/C=C/CN1CCCCC1C(=O)Nc1c(C)cccc1C. The number of nitrogens with zero attached hydrogens (tertiary/aromatic N) is 2. The molecule has 4 rings (SSSR count). The van der Waals surface area contributed by atoms with Crippen molar-refractivity contribution in [3.8, 4) is 0 Å². The fraction of sp³-hybridized carbons (Fsp3) is 0.628. The summed E-state index contributed by atoms with van der Waals surface area (Å²) >= 11 is 0. The zero-order chi connectivity index (χ0) is 35.4. The largest absolute Gasteiger partial charge is 0.324 e. The molecule has 0 aliphatic carbocycles. The predicted molar refractivity (Wildman–Crippen MR) is 210 cm³/mol. The number of hydrogen-bond donors (Lipinski definition) is 2. The van der Waals surface area contributed by atoms with Gasteiger partial charge < -0.3 is 10.6 Å². The van der Waals surface area contributed by atoms with Crippen molar-refractivity contribution in [2.45, 2.75) is 150 Å². The Morgan fingerprint density at radius 3 is 1.29 bits per heavy atom. The highest BCUT2D eigenvalue weighted by molar-refractivity contribution is 5.97. The highest BCUT2D eigenvalue weighted by Crippen LogP contribution is 2.25. The average Bonchev–Trinajstić information content (AvgIpc) is 3.10. The Morgan fingerprint density at radius 1 is 0.592 bits per heavy atom. The molecule has 6 nitrogen and oxygen atoms in total. The van der Waals surface area contributed by atoms with Gasteiger partial charge in [0.2, 0.25) is 11.8 Å². The predicted octanol–water partition coefficient (Wildman–Crippen LogP) is 10.3. The van der Waals surface area contributed by atoms with Crippen LogP contribution < -0.4 is 10.6 Å². The van der Waals surface area contributed by atoms with E-state index in [9.17, 15) is 9.59 Å². The third kappa shape index (κ3) is 13.7. The maximum absolute atomic E-state index is 13.2. The van der Waals surface area contributed by atoms with Crippen molar-refractivity contribution in [1.82, 2.24) is 9.80 Å². The normalized spacial score (nSPS) is 18.6. The van der Waals surface area contributed by atoms with Gasteiger partial charge in [-0.2, -0.15) is 0 Å². The van der Waals surface area contributed by atoms with E-state index >= 15 is 0 Å². The number of amides is 2. The molecule has 6 heteroatoms. The monoisotopic (exact) mass is 673 g/mol. The number of rotatable bonds is 16. The summed E-state index contributed by atoms with van der Waals surface area (Å²) in [6, 6.07) is 12.0. The number of benzene rings is 2. The Bertz CT molecular complexity index is 1170. The lowest BCUT2D eigenvalue weighted by atomic mass is 10.00. The molecule has 0 radical (unpaired) electrons. The molecule has 2 unspecified atom stereocenters. The lowest BCUT2D eigenvalue weighted by Gasteiger charge is -2.35. The quantitative estimate of drug-likeness (QED) is 0.138. The van der Waals surface area contributed by atoms with Crippen LogP contribution in [0.4, 0.5) is 11.4 Å². The van der Waals surface area contributed by atoms with Crippen molar-refractivity contribution in [2.75, 3.05) is 36.8 Å². The molecule has 0 spiro atoms. The van der Waals surface area contributed by atoms with Gasteiger partial charge in [0.05, 0.1) is 12.1 Å². The molecular weight excluding hydrogens is 604 g/mol. The standard InChI is InChI=1S/C32H44N4O2.C11H24/c1-23-13-11-14-24(2)29(23)33-31(37)27-17-5-7-19-35(27)21-9-10-22-36-20-8-6-18-28(36)32(38)34-30-25(3)15-12-16-26(30)4;1-3-5-7-9-11-10-8-6-4-2/h9-16,27-28H,5-8,17-22H2,1-4H3,(H,33,37)(H,34,38);3-11H2,1-2H3/b10-9+;. The van der Waals surface area contributed by atoms with Crippen LogP contribution in [0.3, 0.4) is 0 Å². The molecule has 2 aromatic carbocycles. The fourth-order valence-corrected chi connectivity index (χ4v) is 7.25. The van der Waals surface area contributed by atoms with Gasteiger partial charge in [0, 0.05) is 24.5 Å². The minimum absolute atomic E-state index is 0.0924. The molecule has 2 aromatic rings. The van der Waals surface area contributed by atoms with E-state index in [-0.39, 0.29) is 23.9 Å². The first kappa shape index (κ1) is 40.5. The Hall–Kier alpha value is -2.96. The van der Waals surface area contributed by atoms with Gasteiger partial charge in [0.25, 0.3) is 0 Å². The zero-order valence-corrected chi connectivity index (χ0v) is 31.9. The maximum atomic E-state index is 13.2. The molecule has 0 aromatic heterocycles. The molecule has 49 heavy (non-hydrogen) atoms. The topological polar surface area (TPSA) is 64.7 Å². The maximum Gasteiger partial charge on any atom is 0.241 e. The van der Waals surface area contributed by atoms with E-state index in [1.807, 2.05) is 64.1 Å². The molecule has 272 valence electrons. The van der Waals surface area contributed by atoms with E-state index in [0.29, 0.717) is 0 Å². The van der Waals surface area contributed by atoms with E-state index in [0.717, 1.165) is 98.3 Å². The number of unbranched alkanes of at least 4 members (excludes halogenated alkanes) is 8. The molecule has 0 saturated carbocycles. The first-order valence-electron chi connectivity index (χ1n) is 19.6. The number of nitrogens with one attached hydrogen (secondary N) is 2. The van der Waals surface area contributed by atoms with Crippen LogP contribution >= 0.6 is 0 Å². The molecule has 2 amide bonds. The number of carbonyl (C=O) groups excluding carboxylic acids is 2. The van der Waals surface area contributed by atoms with E-state index in [2.05, 4.69) is 46.4 Å². The van der Waals surface area contributed by atoms with Gasteiger partial charge >= 0.3 is 0 Å². The number of aryl methyl sites for hydroxylation is 4. The molecular formula is C43H68N4O2. The van der Waals surface area contributed by atoms with E-state index in [4.69, 9.17) is 0 Å². The zero-order valence-electron chi connectivity index (χ0n) is 31.9. The van der Waals surface area contributed by atoms with Crippen LogP contribution in [-0.2, 0) is 9.59 Å². The lowest BCUT2D eigenvalue weighted by molar-refractivity contribution is -0.123. The van der Waals surface area contributed by atoms with Gasteiger partial charge in [0.15, 0.2) is 0 Å². The van der Waals surface area contributed by atoms with Crippen LogP contribution in [0.1, 0.15) is 132 Å². The second-order valence-electron chi connectivity index (χ2n) is 14.5. The van der Waals surface area contributed by atoms with Crippen molar-refractivity contribution >= 4 is 23.2 Å². The summed E-state index contributed by atoms with van der Waals surface area (Å²) in [6.45, 7) is 16.1. The van der Waals surface area contributed by atoms with E-state index in [1.165, 1.54) is 57.8 Å². The number of likely N-dealkylation sites (tertiary alicyclic amines) is 2. The first-order valence-corrected chi connectivity index (χ1v) is 19.6. The van der Waals surface area contributed by atoms with Crippen molar-refractivity contribution in [3.05, 3.63) is 70.8 Å². The van der Waals surface area contributed by atoms with E-state index < -0.39 is 0 Å². The first-order chi connectivity index (χ1) is 23.8. The van der Waals surface area contributed by atoms with Crippen molar-refractivity contribution in [1.29, 1.82) is 0 Å². The second kappa shape index (κ2) is 22.7. The van der Waals surface area contributed by atoms with Crippen LogP contribution in [0.2, 0.25) is 0 Å². The fourth-order valence-electron chi connectivity index (χ4n) is 7.25. The third-order valence-electron chi connectivity index (χ3n) is 10.3. The highest BCUT2D eigenvalue weighted by Gasteiger charge is 2.30.